The van der Waals surface area contributed by atoms with Crippen LogP contribution in [0.3, 0.4) is 0 Å². The molecular weight excluding hydrogens is 307 g/mol. The van der Waals surface area contributed by atoms with Gasteiger partial charge in [-0.3, -0.25) is 0 Å². The smallest absolute Gasteiger partial charge is 0.416 e. The average Bonchev–Trinajstić information content (AvgIpc) is 2.34. The third kappa shape index (κ3) is 4.76. The summed E-state index contributed by atoms with van der Waals surface area (Å²) in [4.78, 5) is 0. The quantitative estimate of drug-likeness (QED) is 0.892. The molecule has 1 rings (SSSR count). The first kappa shape index (κ1) is 20.0. The van der Waals surface area contributed by atoms with E-state index in [1.54, 1.807) is 20.8 Å². The summed E-state index contributed by atoms with van der Waals surface area (Å²) in [6.45, 7) is 5.40. The molecule has 3 N–H and O–H groups in total. The van der Waals surface area contributed by atoms with Crippen LogP contribution in [0.25, 0.3) is 0 Å². The highest BCUT2D eigenvalue weighted by Gasteiger charge is 2.34. The van der Waals surface area contributed by atoms with Gasteiger partial charge in [-0.2, -0.15) is 13.2 Å². The summed E-state index contributed by atoms with van der Waals surface area (Å²) in [6, 6.07) is 2.26. The van der Waals surface area contributed by atoms with Gasteiger partial charge in [0.15, 0.2) is 0 Å². The summed E-state index contributed by atoms with van der Waals surface area (Å²) in [6.07, 6.45) is -5.36. The molecule has 0 bridgehead atoms. The molecule has 21 heavy (non-hydrogen) atoms. The molecule has 1 aromatic rings. The van der Waals surface area contributed by atoms with E-state index in [4.69, 9.17) is 10.5 Å². The minimum absolute atomic E-state index is 0. The van der Waals surface area contributed by atoms with Gasteiger partial charge in [-0.15, -0.1) is 12.4 Å². The predicted octanol–water partition coefficient (Wildman–Crippen LogP) is 3.54. The lowest BCUT2D eigenvalue weighted by atomic mass is 9.82. The van der Waals surface area contributed by atoms with Crippen LogP contribution in [-0.4, -0.2) is 18.3 Å². The first-order valence-corrected chi connectivity index (χ1v) is 6.17. The molecule has 0 unspecified atom stereocenters. The van der Waals surface area contributed by atoms with Crippen molar-refractivity contribution in [2.45, 2.75) is 39.1 Å². The van der Waals surface area contributed by atoms with Crippen molar-refractivity contribution >= 4 is 12.4 Å². The first-order chi connectivity index (χ1) is 8.98. The Balaban J connectivity index is 0.00000400. The Morgan fingerprint density at radius 3 is 2.10 bits per heavy atom. The molecule has 0 aliphatic heterocycles. The van der Waals surface area contributed by atoms with Crippen molar-refractivity contribution in [3.8, 4) is 5.75 Å². The first-order valence-electron chi connectivity index (χ1n) is 6.17. The van der Waals surface area contributed by atoms with E-state index in [0.717, 1.165) is 12.1 Å². The van der Waals surface area contributed by atoms with Gasteiger partial charge in [0, 0.05) is 5.56 Å². The monoisotopic (exact) mass is 327 g/mol. The van der Waals surface area contributed by atoms with E-state index in [1.165, 1.54) is 13.2 Å². The minimum atomic E-state index is -4.45. The highest BCUT2D eigenvalue weighted by atomic mass is 35.5. The maximum Gasteiger partial charge on any atom is 0.416 e. The van der Waals surface area contributed by atoms with Crippen LogP contribution in [0.15, 0.2) is 18.2 Å². The Morgan fingerprint density at radius 1 is 1.19 bits per heavy atom. The lowest BCUT2D eigenvalue weighted by Crippen LogP contribution is -2.37. The number of rotatable bonds is 3. The van der Waals surface area contributed by atoms with Crippen molar-refractivity contribution in [2.24, 2.45) is 11.1 Å². The molecule has 7 heteroatoms. The zero-order valence-electron chi connectivity index (χ0n) is 12.4. The van der Waals surface area contributed by atoms with Crippen molar-refractivity contribution in [1.29, 1.82) is 0 Å². The maximum absolute atomic E-state index is 12.6. The fourth-order valence-corrected chi connectivity index (χ4v) is 1.87. The van der Waals surface area contributed by atoms with Gasteiger partial charge in [0.2, 0.25) is 0 Å². The number of nitrogens with two attached hydrogens (primary N) is 1. The van der Waals surface area contributed by atoms with Crippen molar-refractivity contribution in [3.63, 3.8) is 0 Å². The Bertz CT molecular complexity index is 472. The van der Waals surface area contributed by atoms with Gasteiger partial charge in [0.1, 0.15) is 5.75 Å². The molecule has 0 amide bonds. The van der Waals surface area contributed by atoms with Crippen LogP contribution < -0.4 is 10.5 Å². The molecule has 122 valence electrons. The van der Waals surface area contributed by atoms with Crippen LogP contribution in [0.5, 0.6) is 5.75 Å². The molecule has 2 atom stereocenters. The molecule has 0 spiro atoms. The fraction of sp³-hybridized carbons (Fsp3) is 0.571. The second kappa shape index (κ2) is 6.85. The predicted molar refractivity (Wildman–Crippen MR) is 77.6 cm³/mol. The van der Waals surface area contributed by atoms with Gasteiger partial charge < -0.3 is 15.6 Å². The number of ether oxygens (including phenoxy) is 1. The maximum atomic E-state index is 12.6. The Hall–Kier alpha value is -0.980. The molecular formula is C14H21ClF3NO2. The van der Waals surface area contributed by atoms with Gasteiger partial charge in [0.05, 0.1) is 24.8 Å². The zero-order valence-corrected chi connectivity index (χ0v) is 13.2. The molecule has 3 nitrogen and oxygen atoms in total. The fourth-order valence-electron chi connectivity index (χ4n) is 1.87. The molecule has 0 aliphatic carbocycles. The van der Waals surface area contributed by atoms with E-state index >= 15 is 0 Å². The summed E-state index contributed by atoms with van der Waals surface area (Å²) in [5.74, 6) is 0.0237. The van der Waals surface area contributed by atoms with Crippen LogP contribution in [0, 0.1) is 5.41 Å². The third-order valence-corrected chi connectivity index (χ3v) is 3.15. The van der Waals surface area contributed by atoms with E-state index in [2.05, 4.69) is 0 Å². The van der Waals surface area contributed by atoms with Crippen LogP contribution in [-0.2, 0) is 6.18 Å². The topological polar surface area (TPSA) is 55.5 Å². The summed E-state index contributed by atoms with van der Waals surface area (Å²) in [7, 11) is 1.27. The van der Waals surface area contributed by atoms with Gasteiger partial charge in [-0.1, -0.05) is 26.8 Å². The van der Waals surface area contributed by atoms with E-state index in [1.807, 2.05) is 0 Å². The second-order valence-electron chi connectivity index (χ2n) is 5.79. The van der Waals surface area contributed by atoms with E-state index in [0.29, 0.717) is 5.56 Å². The number of benzene rings is 1. The Morgan fingerprint density at radius 2 is 1.71 bits per heavy atom. The van der Waals surface area contributed by atoms with Crippen molar-refractivity contribution in [1.82, 2.24) is 0 Å². The van der Waals surface area contributed by atoms with Crippen LogP contribution in [0.1, 0.15) is 37.9 Å². The molecule has 0 heterocycles. The standard InChI is InChI=1S/C14H20F3NO2.ClH/c1-13(2,3)12(19)11(18)9-6-5-8(14(15,16)17)7-10(9)20-4;/h5-7,11-12,19H,18H2,1-4H3;1H/t11-,12-;/m0./s1. The second-order valence-corrected chi connectivity index (χ2v) is 5.79. The number of hydrogen-bond donors (Lipinski definition) is 2. The lowest BCUT2D eigenvalue weighted by Gasteiger charge is -2.31. The Kier molecular flexibility index (Phi) is 6.53. The molecule has 1 aromatic carbocycles. The lowest BCUT2D eigenvalue weighted by molar-refractivity contribution is -0.137. The summed E-state index contributed by atoms with van der Waals surface area (Å²) in [5, 5.41) is 10.2. The van der Waals surface area contributed by atoms with E-state index in [9.17, 15) is 18.3 Å². The van der Waals surface area contributed by atoms with Gasteiger partial charge in [0.25, 0.3) is 0 Å². The molecule has 0 fully saturated rings. The van der Waals surface area contributed by atoms with Gasteiger partial charge in [-0.05, 0) is 17.5 Å². The molecule has 0 saturated carbocycles. The summed E-state index contributed by atoms with van der Waals surface area (Å²) >= 11 is 0. The summed E-state index contributed by atoms with van der Waals surface area (Å²) < 4.78 is 42.9. The molecule has 0 aromatic heterocycles. The van der Waals surface area contributed by atoms with Crippen molar-refractivity contribution in [2.75, 3.05) is 7.11 Å². The molecule has 0 radical (unpaired) electrons. The van der Waals surface area contributed by atoms with Gasteiger partial charge in [-0.25, -0.2) is 0 Å². The van der Waals surface area contributed by atoms with Crippen molar-refractivity contribution < 1.29 is 23.0 Å². The zero-order chi connectivity index (χ0) is 15.7. The largest absolute Gasteiger partial charge is 0.496 e. The van der Waals surface area contributed by atoms with Gasteiger partial charge >= 0.3 is 6.18 Å². The van der Waals surface area contributed by atoms with E-state index in [-0.39, 0.29) is 18.2 Å². The third-order valence-electron chi connectivity index (χ3n) is 3.15. The SMILES string of the molecule is COc1cc(C(F)(F)F)ccc1[C@H](N)[C@H](O)C(C)(C)C.Cl. The normalized spacial score (nSPS) is 15.1. The molecule has 0 aliphatic rings. The van der Waals surface area contributed by atoms with Crippen LogP contribution in [0.4, 0.5) is 13.2 Å². The van der Waals surface area contributed by atoms with Crippen LogP contribution >= 0.6 is 12.4 Å². The highest BCUT2D eigenvalue weighted by Crippen LogP contribution is 2.37. The summed E-state index contributed by atoms with van der Waals surface area (Å²) in [5.41, 5.74) is 5.00. The average molecular weight is 328 g/mol. The number of alkyl halides is 3. The number of hydrogen-bond acceptors (Lipinski definition) is 3. The number of aliphatic hydroxyl groups is 1. The number of methoxy groups -OCH3 is 1. The van der Waals surface area contributed by atoms with Crippen molar-refractivity contribution in [3.05, 3.63) is 29.3 Å². The highest BCUT2D eigenvalue weighted by molar-refractivity contribution is 5.85. The Labute approximate surface area is 128 Å². The molecule has 0 saturated heterocycles. The van der Waals surface area contributed by atoms with E-state index < -0.39 is 29.3 Å². The van der Waals surface area contributed by atoms with Crippen LogP contribution in [0.2, 0.25) is 0 Å². The number of aliphatic hydroxyl groups excluding tert-OH is 1. The minimum Gasteiger partial charge on any atom is -0.496 e. The number of halogens is 4.